The Balaban J connectivity index is 1.53. The number of aliphatic hydroxyl groups excluding tert-OH is 1. The fourth-order valence-corrected chi connectivity index (χ4v) is 5.78. The van der Waals surface area contributed by atoms with E-state index in [9.17, 15) is 15.2 Å². The lowest BCUT2D eigenvalue weighted by Gasteiger charge is -2.32. The molecule has 0 aliphatic carbocycles. The molecule has 1 amide bonds. The van der Waals surface area contributed by atoms with Crippen molar-refractivity contribution in [2.75, 3.05) is 26.4 Å². The molecule has 5 rings (SSSR count). The molecule has 0 radical (unpaired) electrons. The molecule has 12 heteroatoms. The Labute approximate surface area is 270 Å². The maximum absolute atomic E-state index is 16.3. The molecule has 46 heavy (non-hydrogen) atoms. The van der Waals surface area contributed by atoms with Crippen LogP contribution in [-0.2, 0) is 19.8 Å². The molecule has 2 aliphatic rings. The standard InChI is InChI=1S/C34H35ClF2N2O7/c1-33(2,3)39-32(41)45-19-34(21-9-5-4-6-10-21)31(40)27-24(46-34)17-22(36)29(35)28(27)26-20(18-38)12-13-23(30(26)37)42-15-16-44-25-11-7-8-14-43-25/h4-6,9-10,12-13,17,25,31,40H,7-8,11,14-16,19H2,1-3H3,(H,39,41)/t25-,31-,34+/m0/s1. The number of alkyl carbamates (subject to hydrolysis) is 1. The van der Waals surface area contributed by atoms with E-state index < -0.39 is 46.6 Å². The van der Waals surface area contributed by atoms with Crippen molar-refractivity contribution in [2.24, 2.45) is 0 Å². The van der Waals surface area contributed by atoms with Crippen molar-refractivity contribution in [1.82, 2.24) is 5.32 Å². The molecule has 0 aromatic heterocycles. The molecular weight excluding hydrogens is 622 g/mol. The van der Waals surface area contributed by atoms with Crippen LogP contribution in [0.3, 0.4) is 0 Å². The molecule has 0 spiro atoms. The van der Waals surface area contributed by atoms with Gasteiger partial charge in [-0.05, 0) is 52.2 Å². The minimum Gasteiger partial charge on any atom is -0.488 e. The normalized spacial score (nSPS) is 20.7. The van der Waals surface area contributed by atoms with E-state index in [1.54, 1.807) is 51.1 Å². The second-order valence-electron chi connectivity index (χ2n) is 12.1. The summed E-state index contributed by atoms with van der Waals surface area (Å²) < 4.78 is 60.4. The van der Waals surface area contributed by atoms with Gasteiger partial charge in [-0.25, -0.2) is 13.6 Å². The van der Waals surface area contributed by atoms with Crippen LogP contribution in [0.5, 0.6) is 11.5 Å². The summed E-state index contributed by atoms with van der Waals surface area (Å²) in [4.78, 5) is 12.7. The summed E-state index contributed by atoms with van der Waals surface area (Å²) in [7, 11) is 0. The molecule has 3 aromatic carbocycles. The molecule has 2 aliphatic heterocycles. The number of hydrogen-bond donors (Lipinski definition) is 2. The number of fused-ring (bicyclic) bond motifs is 1. The van der Waals surface area contributed by atoms with Gasteiger partial charge < -0.3 is 34.1 Å². The topological polar surface area (TPSA) is 119 Å². The number of carbonyl (C=O) groups is 1. The van der Waals surface area contributed by atoms with E-state index >= 15 is 8.78 Å². The first kappa shape index (κ1) is 33.4. The van der Waals surface area contributed by atoms with Gasteiger partial charge in [-0.15, -0.1) is 0 Å². The molecule has 0 unspecified atom stereocenters. The number of nitrogens with one attached hydrogen (secondary N) is 1. The van der Waals surface area contributed by atoms with Gasteiger partial charge in [-0.1, -0.05) is 41.9 Å². The summed E-state index contributed by atoms with van der Waals surface area (Å²) in [6.07, 6.45) is -0.0920. The number of halogens is 3. The van der Waals surface area contributed by atoms with Gasteiger partial charge in [0.1, 0.15) is 30.9 Å². The molecular formula is C34H35ClF2N2O7. The minimum absolute atomic E-state index is 0.0338. The molecule has 1 fully saturated rings. The van der Waals surface area contributed by atoms with Gasteiger partial charge >= 0.3 is 6.09 Å². The van der Waals surface area contributed by atoms with Crippen molar-refractivity contribution in [3.63, 3.8) is 0 Å². The quantitative estimate of drug-likeness (QED) is 0.238. The van der Waals surface area contributed by atoms with Crippen LogP contribution >= 0.6 is 11.6 Å². The molecule has 3 atom stereocenters. The van der Waals surface area contributed by atoms with Crippen LogP contribution in [0.4, 0.5) is 13.6 Å². The van der Waals surface area contributed by atoms with E-state index in [4.69, 9.17) is 35.3 Å². The highest BCUT2D eigenvalue weighted by molar-refractivity contribution is 6.34. The lowest BCUT2D eigenvalue weighted by atomic mass is 9.83. The van der Waals surface area contributed by atoms with Gasteiger partial charge in [0, 0.05) is 40.5 Å². The maximum Gasteiger partial charge on any atom is 0.407 e. The number of hydrogen-bond acceptors (Lipinski definition) is 8. The fourth-order valence-electron chi connectivity index (χ4n) is 5.53. The molecule has 244 valence electrons. The third-order valence-corrected chi connectivity index (χ3v) is 8.02. The number of nitriles is 1. The van der Waals surface area contributed by atoms with E-state index in [2.05, 4.69) is 5.32 Å². The van der Waals surface area contributed by atoms with Crippen molar-refractivity contribution in [3.8, 4) is 28.7 Å². The second kappa shape index (κ2) is 13.8. The predicted octanol–water partition coefficient (Wildman–Crippen LogP) is 6.92. The van der Waals surface area contributed by atoms with E-state index in [1.165, 1.54) is 12.1 Å². The number of nitrogens with zero attached hydrogens (tertiary/aromatic N) is 1. The maximum atomic E-state index is 16.3. The van der Waals surface area contributed by atoms with Gasteiger partial charge in [-0.3, -0.25) is 0 Å². The number of amides is 1. The zero-order valence-corrected chi connectivity index (χ0v) is 26.5. The summed E-state index contributed by atoms with van der Waals surface area (Å²) in [5.74, 6) is -2.37. The summed E-state index contributed by atoms with van der Waals surface area (Å²) in [6.45, 7) is 5.49. The third-order valence-electron chi connectivity index (χ3n) is 7.65. The van der Waals surface area contributed by atoms with E-state index in [1.807, 2.05) is 6.07 Å². The van der Waals surface area contributed by atoms with Gasteiger partial charge in [0.15, 0.2) is 23.5 Å². The predicted molar refractivity (Wildman–Crippen MR) is 165 cm³/mol. The SMILES string of the molecule is CC(C)(C)NC(=O)OC[C@]1(c2ccccc2)Oc2cc(F)c(Cl)c(-c3c(C#N)ccc(OCCO[C@H]4CCCCO4)c3F)c2[C@@H]1O. The fraction of sp³-hybridized carbons (Fsp3) is 0.412. The van der Waals surface area contributed by atoms with Crippen LogP contribution in [0, 0.1) is 23.0 Å². The zero-order chi connectivity index (χ0) is 33.1. The van der Waals surface area contributed by atoms with E-state index in [0.717, 1.165) is 25.3 Å². The van der Waals surface area contributed by atoms with Crippen LogP contribution in [0.2, 0.25) is 5.02 Å². The Morgan fingerprint density at radius 1 is 1.15 bits per heavy atom. The van der Waals surface area contributed by atoms with Gasteiger partial charge in [0.25, 0.3) is 0 Å². The Hall–Kier alpha value is -3.95. The van der Waals surface area contributed by atoms with Crippen LogP contribution < -0.4 is 14.8 Å². The summed E-state index contributed by atoms with van der Waals surface area (Å²) in [5, 5.41) is 24.1. The Morgan fingerprint density at radius 3 is 2.59 bits per heavy atom. The van der Waals surface area contributed by atoms with Crippen LogP contribution in [0.1, 0.15) is 62.8 Å². The van der Waals surface area contributed by atoms with Crippen LogP contribution in [0.25, 0.3) is 11.1 Å². The lowest BCUT2D eigenvalue weighted by Crippen LogP contribution is -2.45. The highest BCUT2D eigenvalue weighted by Gasteiger charge is 2.53. The Bertz CT molecular complexity index is 1620. The lowest BCUT2D eigenvalue weighted by molar-refractivity contribution is -0.165. The van der Waals surface area contributed by atoms with Crippen LogP contribution in [0.15, 0.2) is 48.5 Å². The number of rotatable bonds is 9. The second-order valence-corrected chi connectivity index (χ2v) is 12.5. The van der Waals surface area contributed by atoms with E-state index in [0.29, 0.717) is 12.2 Å². The van der Waals surface area contributed by atoms with Crippen molar-refractivity contribution in [1.29, 1.82) is 5.26 Å². The number of carbonyl (C=O) groups excluding carboxylic acids is 1. The molecule has 3 aromatic rings. The number of ether oxygens (including phenoxy) is 5. The monoisotopic (exact) mass is 656 g/mol. The smallest absolute Gasteiger partial charge is 0.407 e. The van der Waals surface area contributed by atoms with Crippen molar-refractivity contribution in [2.45, 2.75) is 63.6 Å². The Kier molecular flexibility index (Phi) is 10.0. The first-order chi connectivity index (χ1) is 21.9. The average molecular weight is 657 g/mol. The number of benzene rings is 3. The largest absolute Gasteiger partial charge is 0.488 e. The highest BCUT2D eigenvalue weighted by atomic mass is 35.5. The molecule has 2 heterocycles. The summed E-state index contributed by atoms with van der Waals surface area (Å²) in [5.41, 5.74) is -2.93. The van der Waals surface area contributed by atoms with E-state index in [-0.39, 0.29) is 53.3 Å². The summed E-state index contributed by atoms with van der Waals surface area (Å²) >= 11 is 6.49. The highest BCUT2D eigenvalue weighted by Crippen LogP contribution is 2.55. The molecule has 1 saturated heterocycles. The van der Waals surface area contributed by atoms with Gasteiger partial charge in [-0.2, -0.15) is 5.26 Å². The third kappa shape index (κ3) is 6.90. The Morgan fingerprint density at radius 2 is 1.91 bits per heavy atom. The average Bonchev–Trinajstić information content (AvgIpc) is 3.31. The van der Waals surface area contributed by atoms with Gasteiger partial charge in [0.2, 0.25) is 0 Å². The molecule has 0 saturated carbocycles. The first-order valence-electron chi connectivity index (χ1n) is 14.9. The minimum atomic E-state index is -1.78. The molecule has 2 N–H and O–H groups in total. The van der Waals surface area contributed by atoms with Gasteiger partial charge in [0.05, 0.1) is 23.3 Å². The van der Waals surface area contributed by atoms with Crippen molar-refractivity contribution >= 4 is 17.7 Å². The molecule has 9 nitrogen and oxygen atoms in total. The van der Waals surface area contributed by atoms with Crippen molar-refractivity contribution in [3.05, 3.63) is 81.9 Å². The van der Waals surface area contributed by atoms with Crippen LogP contribution in [-0.4, -0.2) is 49.5 Å². The molecule has 0 bridgehead atoms. The van der Waals surface area contributed by atoms with Crippen molar-refractivity contribution < 1.29 is 42.4 Å². The zero-order valence-electron chi connectivity index (χ0n) is 25.7. The summed E-state index contributed by atoms with van der Waals surface area (Å²) in [6, 6.07) is 13.9. The first-order valence-corrected chi connectivity index (χ1v) is 15.3. The number of aliphatic hydroxyl groups is 1.